The molecule has 13 heteroatoms. The highest BCUT2D eigenvalue weighted by atomic mass is 19.4. The number of H-pyrrole nitrogens is 1. The maximum Gasteiger partial charge on any atom is 0.491 e. The van der Waals surface area contributed by atoms with E-state index < -0.39 is 18.0 Å². The zero-order chi connectivity index (χ0) is 30.0. The number of piperazine rings is 2. The molecule has 0 spiro atoms. The Labute approximate surface area is 248 Å². The third kappa shape index (κ3) is 6.27. The van der Waals surface area contributed by atoms with Gasteiger partial charge in [-0.2, -0.15) is 18.4 Å². The average molecular weight is 597 g/mol. The van der Waals surface area contributed by atoms with E-state index in [4.69, 9.17) is 0 Å². The molecule has 1 aliphatic carbocycles. The van der Waals surface area contributed by atoms with E-state index in [0.29, 0.717) is 38.0 Å². The van der Waals surface area contributed by atoms with Crippen molar-refractivity contribution < 1.29 is 22.7 Å². The van der Waals surface area contributed by atoms with Crippen LogP contribution in [-0.4, -0.2) is 101 Å². The molecule has 1 unspecified atom stereocenters. The molecule has 1 saturated carbocycles. The molecule has 0 bridgehead atoms. The van der Waals surface area contributed by atoms with Crippen molar-refractivity contribution in [3.8, 4) is 11.9 Å². The van der Waals surface area contributed by atoms with Crippen molar-refractivity contribution in [2.45, 2.75) is 43.9 Å². The number of hydrazine groups is 1. The number of nitriles is 1. The van der Waals surface area contributed by atoms with E-state index in [1.54, 1.807) is 6.20 Å². The number of rotatable bonds is 6. The number of aromatic amines is 1. The van der Waals surface area contributed by atoms with Gasteiger partial charge in [0.25, 0.3) is 0 Å². The first kappa shape index (κ1) is 29.2. The number of carbonyl (C=O) groups is 1. The highest BCUT2D eigenvalue weighted by Crippen LogP contribution is 2.34. The summed E-state index contributed by atoms with van der Waals surface area (Å²) < 4.78 is 43.0. The lowest BCUT2D eigenvalue weighted by molar-refractivity contribution is -0.189. The molecule has 10 nitrogen and oxygen atoms in total. The van der Waals surface area contributed by atoms with Crippen molar-refractivity contribution in [1.82, 2.24) is 30.2 Å². The largest absolute Gasteiger partial charge is 0.491 e. The normalized spacial score (nSPS) is 22.7. The number of hydrogen-bond donors (Lipinski definition) is 2. The third-order valence-corrected chi connectivity index (χ3v) is 8.75. The summed E-state index contributed by atoms with van der Waals surface area (Å²) in [6.45, 7) is 6.24. The second kappa shape index (κ2) is 12.4. The molecule has 3 fully saturated rings. The third-order valence-electron chi connectivity index (χ3n) is 8.75. The summed E-state index contributed by atoms with van der Waals surface area (Å²) in [4.78, 5) is 23.2. The minimum atomic E-state index is -5.15. The van der Waals surface area contributed by atoms with Crippen LogP contribution in [-0.2, 0) is 4.79 Å². The van der Waals surface area contributed by atoms with Gasteiger partial charge in [0.1, 0.15) is 11.9 Å². The topological polar surface area (TPSA) is 104 Å². The smallest absolute Gasteiger partial charge is 0.403 e. The molecule has 2 aromatic rings. The van der Waals surface area contributed by atoms with Crippen molar-refractivity contribution >= 4 is 17.5 Å². The summed E-state index contributed by atoms with van der Waals surface area (Å²) in [7, 11) is 0. The van der Waals surface area contributed by atoms with Crippen LogP contribution in [0.2, 0.25) is 0 Å². The van der Waals surface area contributed by atoms with Crippen molar-refractivity contribution in [2.75, 3.05) is 57.3 Å². The minimum Gasteiger partial charge on any atom is -0.403 e. The molecule has 0 radical (unpaired) electrons. The summed E-state index contributed by atoms with van der Waals surface area (Å²) in [5.74, 6) is -2.44. The Morgan fingerprint density at radius 3 is 2.63 bits per heavy atom. The Kier molecular flexibility index (Phi) is 8.43. The lowest BCUT2D eigenvalue weighted by Gasteiger charge is -2.46. The van der Waals surface area contributed by atoms with Gasteiger partial charge in [0, 0.05) is 75.9 Å². The molecule has 5 heterocycles. The van der Waals surface area contributed by atoms with Gasteiger partial charge in [0.2, 0.25) is 5.88 Å². The molecule has 2 aromatic heterocycles. The van der Waals surface area contributed by atoms with Crippen LogP contribution in [0.4, 0.5) is 19.0 Å². The van der Waals surface area contributed by atoms with Gasteiger partial charge in [-0.1, -0.05) is 18.9 Å². The number of nitrogens with one attached hydrogen (secondary N) is 2. The lowest BCUT2D eigenvalue weighted by Crippen LogP contribution is -2.56. The Bertz CT molecular complexity index is 1400. The number of anilines is 1. The SMILES string of the molecule is N#Cc1cc(OC(=O)C(F)(F)F)[nH]c1N1CCNCC1C1=CCN(N2CCN(C3CCCC3)CC2)C(c2cccnc2)=C1. The number of alkyl halides is 3. The van der Waals surface area contributed by atoms with Crippen LogP contribution in [0, 0.1) is 11.3 Å². The number of aromatic nitrogens is 2. The molecule has 0 amide bonds. The fourth-order valence-electron chi connectivity index (χ4n) is 6.63. The summed E-state index contributed by atoms with van der Waals surface area (Å²) >= 11 is 0. The van der Waals surface area contributed by atoms with E-state index in [2.05, 4.69) is 47.1 Å². The number of pyridine rings is 1. The molecule has 4 aliphatic rings. The summed E-state index contributed by atoms with van der Waals surface area (Å²) in [5, 5.41) is 17.9. The standard InChI is InChI=1S/C30H35F3N8O2/c31-30(32,33)29(42)43-27-17-23(18-34)28(37-27)40-11-9-36-20-26(40)21-7-10-41(25(16-21)22-4-3-8-35-19-22)39-14-12-38(13-15-39)24-5-1-2-6-24/h3-4,7-8,16-17,19,24,26,36-37H,1-2,5-6,9-15,20H2. The van der Waals surface area contributed by atoms with Gasteiger partial charge in [-0.05, 0) is 36.6 Å². The molecule has 0 aromatic carbocycles. The van der Waals surface area contributed by atoms with Crippen molar-refractivity contribution in [2.24, 2.45) is 0 Å². The van der Waals surface area contributed by atoms with E-state index in [0.717, 1.165) is 49.1 Å². The van der Waals surface area contributed by atoms with Crippen LogP contribution in [0.15, 0.2) is 48.3 Å². The van der Waals surface area contributed by atoms with Gasteiger partial charge < -0.3 is 24.9 Å². The fourth-order valence-corrected chi connectivity index (χ4v) is 6.63. The summed E-state index contributed by atoms with van der Waals surface area (Å²) in [6.07, 6.45) is 8.01. The minimum absolute atomic E-state index is 0.103. The number of nitrogens with zero attached hydrogens (tertiary/aromatic N) is 6. The Morgan fingerprint density at radius 2 is 1.93 bits per heavy atom. The zero-order valence-electron chi connectivity index (χ0n) is 23.8. The summed E-state index contributed by atoms with van der Waals surface area (Å²) in [6, 6.07) is 7.61. The van der Waals surface area contributed by atoms with Crippen molar-refractivity contribution in [3.05, 3.63) is 59.4 Å². The number of carbonyl (C=O) groups excluding carboxylic acids is 1. The highest BCUT2D eigenvalue weighted by Gasteiger charge is 2.42. The first-order valence-electron chi connectivity index (χ1n) is 14.8. The van der Waals surface area contributed by atoms with Gasteiger partial charge >= 0.3 is 12.1 Å². The maximum absolute atomic E-state index is 12.8. The van der Waals surface area contributed by atoms with Gasteiger partial charge in [-0.15, -0.1) is 0 Å². The van der Waals surface area contributed by atoms with Gasteiger partial charge in [-0.25, -0.2) is 9.80 Å². The maximum atomic E-state index is 12.8. The first-order valence-corrected chi connectivity index (χ1v) is 14.8. The molecular formula is C30H35F3N8O2. The number of hydrogen-bond acceptors (Lipinski definition) is 9. The van der Waals surface area contributed by atoms with E-state index in [1.807, 2.05) is 29.3 Å². The van der Waals surface area contributed by atoms with E-state index in [9.17, 15) is 23.2 Å². The number of ether oxygens (including phenoxy) is 1. The Balaban J connectivity index is 1.25. The van der Waals surface area contributed by atoms with Crippen molar-refractivity contribution in [1.29, 1.82) is 5.26 Å². The predicted octanol–water partition coefficient (Wildman–Crippen LogP) is 3.29. The highest BCUT2D eigenvalue weighted by molar-refractivity contribution is 5.78. The molecule has 2 N–H and O–H groups in total. The molecule has 6 rings (SSSR count). The second-order valence-electron chi connectivity index (χ2n) is 11.3. The monoisotopic (exact) mass is 596 g/mol. The zero-order valence-corrected chi connectivity index (χ0v) is 23.8. The van der Waals surface area contributed by atoms with E-state index >= 15 is 0 Å². The lowest BCUT2D eigenvalue weighted by atomic mass is 9.97. The van der Waals surface area contributed by atoms with Crippen LogP contribution >= 0.6 is 0 Å². The number of halogens is 3. The average Bonchev–Trinajstić information content (AvgIpc) is 3.72. The van der Waals surface area contributed by atoms with Gasteiger partial charge in [0.05, 0.1) is 23.8 Å². The Morgan fingerprint density at radius 1 is 1.14 bits per heavy atom. The molecule has 1 atom stereocenters. The summed E-state index contributed by atoms with van der Waals surface area (Å²) in [5.41, 5.74) is 3.13. The predicted molar refractivity (Wildman–Crippen MR) is 154 cm³/mol. The quantitative estimate of drug-likeness (QED) is 0.487. The number of esters is 1. The van der Waals surface area contributed by atoms with E-state index in [-0.39, 0.29) is 11.6 Å². The van der Waals surface area contributed by atoms with Crippen LogP contribution < -0.4 is 15.0 Å². The van der Waals surface area contributed by atoms with Crippen molar-refractivity contribution in [3.63, 3.8) is 0 Å². The Hall–Kier alpha value is -3.86. The van der Waals surface area contributed by atoms with Crippen LogP contribution in [0.5, 0.6) is 5.88 Å². The fraction of sp³-hybridized carbons (Fsp3) is 0.500. The van der Waals surface area contributed by atoms with Crippen LogP contribution in [0.3, 0.4) is 0 Å². The molecule has 2 saturated heterocycles. The molecule has 228 valence electrons. The van der Waals surface area contributed by atoms with Gasteiger partial charge in [-0.3, -0.25) is 9.88 Å². The molecular weight excluding hydrogens is 561 g/mol. The van der Waals surface area contributed by atoms with Gasteiger partial charge in [0.15, 0.2) is 0 Å². The van der Waals surface area contributed by atoms with Crippen LogP contribution in [0.25, 0.3) is 5.70 Å². The molecule has 3 aliphatic heterocycles. The van der Waals surface area contributed by atoms with E-state index in [1.165, 1.54) is 25.7 Å². The molecule has 43 heavy (non-hydrogen) atoms. The second-order valence-corrected chi connectivity index (χ2v) is 11.3. The van der Waals surface area contributed by atoms with Crippen LogP contribution in [0.1, 0.15) is 36.8 Å². The first-order chi connectivity index (χ1) is 20.8.